The van der Waals surface area contributed by atoms with Crippen molar-refractivity contribution in [2.75, 3.05) is 19.8 Å². The predicted molar refractivity (Wildman–Crippen MR) is 149 cm³/mol. The van der Waals surface area contributed by atoms with Crippen molar-refractivity contribution < 1.29 is 28.6 Å². The number of aryl methyl sites for hydroxylation is 1. The molecule has 0 saturated heterocycles. The summed E-state index contributed by atoms with van der Waals surface area (Å²) in [4.78, 5) is 39.9. The van der Waals surface area contributed by atoms with E-state index in [-0.39, 0.29) is 18.8 Å². The van der Waals surface area contributed by atoms with E-state index in [9.17, 15) is 14.4 Å². The maximum absolute atomic E-state index is 13.4. The largest absolute Gasteiger partial charge is 0.494 e. The molecule has 1 fully saturated rings. The SMILES string of the molecule is CCCOC(=O)[C@H]1C(C(=O)OCC[Si](C)(C)C)C2CC(=O)[C@H]1c1cc(OCCCc3ccccc3)ccc12. The zero-order chi connectivity index (χ0) is 27.3. The third-order valence-corrected chi connectivity index (χ3v) is 9.25. The standard InChI is InChI=1S/C31H40O6Si/c1-5-15-36-31(34)29-27-24-19-22(35-16-9-12-21-10-7-6-8-11-21)13-14-23(24)25(20-26(27)32)28(29)30(33)37-17-18-38(2,3)4/h6-8,10-11,13-14,19,25,27-29H,5,9,12,15-18,20H2,1-4H3/t25?,27-,28?,29-/m1/s1. The molecule has 2 aromatic carbocycles. The minimum Gasteiger partial charge on any atom is -0.494 e. The second kappa shape index (κ2) is 12.3. The van der Waals surface area contributed by atoms with Crippen LogP contribution in [0.15, 0.2) is 48.5 Å². The first-order chi connectivity index (χ1) is 18.2. The molecule has 3 aliphatic rings. The highest BCUT2D eigenvalue weighted by molar-refractivity contribution is 6.76. The van der Waals surface area contributed by atoms with Crippen LogP contribution in [0.5, 0.6) is 5.75 Å². The molecule has 0 heterocycles. The van der Waals surface area contributed by atoms with Gasteiger partial charge in [0.1, 0.15) is 11.5 Å². The molecule has 2 bridgehead atoms. The van der Waals surface area contributed by atoms with Crippen LogP contribution in [0.3, 0.4) is 0 Å². The number of esters is 2. The first-order valence-corrected chi connectivity index (χ1v) is 17.6. The van der Waals surface area contributed by atoms with Crippen LogP contribution in [0, 0.1) is 11.8 Å². The Morgan fingerprint density at radius 1 is 0.895 bits per heavy atom. The molecule has 1 saturated carbocycles. The highest BCUT2D eigenvalue weighted by Crippen LogP contribution is 2.55. The molecule has 5 rings (SSSR count). The Balaban J connectivity index is 1.53. The summed E-state index contributed by atoms with van der Waals surface area (Å²) in [5.41, 5.74) is 3.00. The van der Waals surface area contributed by atoms with Gasteiger partial charge in [-0.25, -0.2) is 0 Å². The lowest BCUT2D eigenvalue weighted by Crippen LogP contribution is -2.50. The lowest BCUT2D eigenvalue weighted by molar-refractivity contribution is -0.167. The third kappa shape index (κ3) is 6.55. The van der Waals surface area contributed by atoms with Crippen molar-refractivity contribution in [3.63, 3.8) is 0 Å². The molecular formula is C31H40O6Si. The molecule has 0 amide bonds. The Labute approximate surface area is 227 Å². The van der Waals surface area contributed by atoms with Crippen LogP contribution in [-0.4, -0.2) is 45.6 Å². The number of hydrogen-bond acceptors (Lipinski definition) is 6. The smallest absolute Gasteiger partial charge is 0.310 e. The highest BCUT2D eigenvalue weighted by atomic mass is 28.3. The Hall–Kier alpha value is -2.93. The lowest BCUT2D eigenvalue weighted by atomic mass is 9.55. The van der Waals surface area contributed by atoms with Crippen molar-refractivity contribution in [2.45, 2.75) is 70.1 Å². The molecule has 0 N–H and O–H groups in total. The second-order valence-electron chi connectivity index (χ2n) is 11.7. The van der Waals surface area contributed by atoms with E-state index in [0.717, 1.165) is 30.0 Å². The van der Waals surface area contributed by atoms with Gasteiger partial charge in [-0.05, 0) is 54.1 Å². The average Bonchev–Trinajstić information content (AvgIpc) is 2.89. The van der Waals surface area contributed by atoms with E-state index < -0.39 is 43.7 Å². The van der Waals surface area contributed by atoms with Crippen LogP contribution in [-0.2, 0) is 30.3 Å². The fraction of sp³-hybridized carbons (Fsp3) is 0.516. The summed E-state index contributed by atoms with van der Waals surface area (Å²) in [6, 6.07) is 16.9. The number of carbonyl (C=O) groups excluding carboxylic acids is 3. The fourth-order valence-corrected chi connectivity index (χ4v) is 6.32. The first-order valence-electron chi connectivity index (χ1n) is 13.9. The first kappa shape index (κ1) is 28.1. The molecule has 0 aromatic heterocycles. The maximum atomic E-state index is 13.4. The molecule has 4 atom stereocenters. The summed E-state index contributed by atoms with van der Waals surface area (Å²) in [5, 5.41) is 0. The molecule has 2 unspecified atom stereocenters. The van der Waals surface area contributed by atoms with Gasteiger partial charge in [-0.3, -0.25) is 14.4 Å². The van der Waals surface area contributed by atoms with Crippen molar-refractivity contribution in [2.24, 2.45) is 11.8 Å². The van der Waals surface area contributed by atoms with Crippen LogP contribution in [0.4, 0.5) is 0 Å². The Morgan fingerprint density at radius 3 is 2.32 bits per heavy atom. The van der Waals surface area contributed by atoms with Gasteiger partial charge >= 0.3 is 11.9 Å². The molecule has 6 nitrogen and oxygen atoms in total. The Bertz CT molecular complexity index is 1140. The number of ketones is 1. The van der Waals surface area contributed by atoms with Crippen molar-refractivity contribution in [1.29, 1.82) is 0 Å². The van der Waals surface area contributed by atoms with Gasteiger partial charge in [0.2, 0.25) is 0 Å². The minimum absolute atomic E-state index is 0.0201. The van der Waals surface area contributed by atoms with Crippen molar-refractivity contribution in [3.05, 3.63) is 65.2 Å². The van der Waals surface area contributed by atoms with Crippen LogP contribution in [0.1, 0.15) is 54.7 Å². The van der Waals surface area contributed by atoms with E-state index in [1.54, 1.807) is 0 Å². The number of benzene rings is 2. The van der Waals surface area contributed by atoms with Gasteiger partial charge in [-0.15, -0.1) is 0 Å². The van der Waals surface area contributed by atoms with E-state index in [1.807, 2.05) is 43.3 Å². The van der Waals surface area contributed by atoms with Gasteiger partial charge in [0, 0.05) is 20.4 Å². The molecule has 2 aromatic rings. The van der Waals surface area contributed by atoms with Crippen LogP contribution < -0.4 is 4.74 Å². The summed E-state index contributed by atoms with van der Waals surface area (Å²) < 4.78 is 17.3. The monoisotopic (exact) mass is 536 g/mol. The summed E-state index contributed by atoms with van der Waals surface area (Å²) in [5.74, 6) is -2.92. The number of fused-ring (bicyclic) bond motifs is 2. The zero-order valence-corrected chi connectivity index (χ0v) is 24.0. The highest BCUT2D eigenvalue weighted by Gasteiger charge is 2.57. The molecule has 38 heavy (non-hydrogen) atoms. The van der Waals surface area contributed by atoms with Gasteiger partial charge < -0.3 is 14.2 Å². The van der Waals surface area contributed by atoms with E-state index in [2.05, 4.69) is 31.8 Å². The van der Waals surface area contributed by atoms with Gasteiger partial charge in [0.25, 0.3) is 0 Å². The van der Waals surface area contributed by atoms with Crippen molar-refractivity contribution in [3.8, 4) is 5.75 Å². The average molecular weight is 537 g/mol. The van der Waals surface area contributed by atoms with Gasteiger partial charge in [-0.1, -0.05) is 63.0 Å². The number of rotatable bonds is 12. The topological polar surface area (TPSA) is 78.9 Å². The minimum atomic E-state index is -1.39. The summed E-state index contributed by atoms with van der Waals surface area (Å²) in [6.45, 7) is 9.75. The normalized spacial score (nSPS) is 22.1. The Morgan fingerprint density at radius 2 is 1.61 bits per heavy atom. The molecular weight excluding hydrogens is 496 g/mol. The molecule has 0 aliphatic heterocycles. The summed E-state index contributed by atoms with van der Waals surface area (Å²) in [6.07, 6.45) is 2.69. The quantitative estimate of drug-likeness (QED) is 0.190. The molecule has 7 heteroatoms. The molecule has 204 valence electrons. The van der Waals surface area contributed by atoms with E-state index in [1.165, 1.54) is 5.56 Å². The number of hydrogen-bond donors (Lipinski definition) is 0. The van der Waals surface area contributed by atoms with E-state index >= 15 is 0 Å². The maximum Gasteiger partial charge on any atom is 0.310 e. The van der Waals surface area contributed by atoms with Crippen molar-refractivity contribution in [1.82, 2.24) is 0 Å². The molecule has 3 aliphatic carbocycles. The van der Waals surface area contributed by atoms with E-state index in [0.29, 0.717) is 25.4 Å². The molecule has 0 spiro atoms. The van der Waals surface area contributed by atoms with Gasteiger partial charge in [0.15, 0.2) is 0 Å². The van der Waals surface area contributed by atoms with Crippen LogP contribution >= 0.6 is 0 Å². The Kier molecular flexibility index (Phi) is 9.08. The van der Waals surface area contributed by atoms with Gasteiger partial charge in [0.05, 0.1) is 37.6 Å². The fourth-order valence-electron chi connectivity index (χ4n) is 5.61. The summed E-state index contributed by atoms with van der Waals surface area (Å²) >= 11 is 0. The lowest BCUT2D eigenvalue weighted by Gasteiger charge is -2.46. The number of Topliss-reactive ketones (excluding diaryl/α,β-unsaturated/α-hetero) is 1. The number of ether oxygens (including phenoxy) is 3. The van der Waals surface area contributed by atoms with Gasteiger partial charge in [-0.2, -0.15) is 0 Å². The van der Waals surface area contributed by atoms with Crippen LogP contribution in [0.25, 0.3) is 0 Å². The predicted octanol–water partition coefficient (Wildman–Crippen LogP) is 5.92. The summed E-state index contributed by atoms with van der Waals surface area (Å²) in [7, 11) is -1.39. The third-order valence-electron chi connectivity index (χ3n) is 7.55. The van der Waals surface area contributed by atoms with Crippen molar-refractivity contribution >= 4 is 25.8 Å². The second-order valence-corrected chi connectivity index (χ2v) is 17.3. The number of carbonyl (C=O) groups is 3. The van der Waals surface area contributed by atoms with Crippen LogP contribution in [0.2, 0.25) is 25.7 Å². The molecule has 0 radical (unpaired) electrons. The van der Waals surface area contributed by atoms with E-state index in [4.69, 9.17) is 14.2 Å². The zero-order valence-electron chi connectivity index (χ0n) is 23.0.